The summed E-state index contributed by atoms with van der Waals surface area (Å²) in [5.41, 5.74) is -9.73. The molecule has 2 N–H and O–H groups in total. The van der Waals surface area contributed by atoms with Gasteiger partial charge in [0.25, 0.3) is 11.8 Å². The summed E-state index contributed by atoms with van der Waals surface area (Å²) in [5.74, 6) is -5.12. The van der Waals surface area contributed by atoms with E-state index in [1.165, 1.54) is 0 Å². The predicted molar refractivity (Wildman–Crippen MR) is 109 cm³/mol. The molecule has 0 radical (unpaired) electrons. The van der Waals surface area contributed by atoms with Crippen molar-refractivity contribution in [3.8, 4) is 0 Å². The third kappa shape index (κ3) is 9.19. The molecule has 0 saturated heterocycles. The van der Waals surface area contributed by atoms with Crippen LogP contribution in [0.5, 0.6) is 0 Å². The Bertz CT molecular complexity index is 1130. The van der Waals surface area contributed by atoms with Gasteiger partial charge in [0.15, 0.2) is 22.8 Å². The Labute approximate surface area is 220 Å². The first-order chi connectivity index (χ1) is 18.2. The van der Waals surface area contributed by atoms with Crippen LogP contribution in [-0.2, 0) is 24.7 Å². The van der Waals surface area contributed by atoms with Crippen molar-refractivity contribution in [1.82, 2.24) is 41.0 Å². The summed E-state index contributed by atoms with van der Waals surface area (Å²) in [6, 6.07) is 0. The van der Waals surface area contributed by atoms with Gasteiger partial charge >= 0.3 is 24.7 Å². The molecular formula is C16H10F12N8O2S2. The Kier molecular flexibility index (Phi) is 10.4. The molecule has 2 aromatic heterocycles. The topological polar surface area (TPSA) is 136 Å². The molecule has 24 heteroatoms. The second kappa shape index (κ2) is 12.6. The lowest BCUT2D eigenvalue weighted by Gasteiger charge is -2.13. The average Bonchev–Trinajstić information content (AvgIpc) is 2.82. The molecule has 2 aromatic rings. The van der Waals surface area contributed by atoms with Gasteiger partial charge in [0.2, 0.25) is 11.6 Å². The van der Waals surface area contributed by atoms with Crippen molar-refractivity contribution in [1.29, 1.82) is 0 Å². The third-order valence-corrected chi connectivity index (χ3v) is 6.29. The van der Waals surface area contributed by atoms with Crippen molar-refractivity contribution in [2.75, 3.05) is 24.6 Å². The molecule has 0 unspecified atom stereocenters. The molecule has 0 aliphatic heterocycles. The van der Waals surface area contributed by atoms with Crippen LogP contribution in [0.2, 0.25) is 0 Å². The first-order valence-electron chi connectivity index (χ1n) is 9.82. The van der Waals surface area contributed by atoms with E-state index in [9.17, 15) is 62.3 Å². The summed E-state index contributed by atoms with van der Waals surface area (Å²) < 4.78 is 153. The van der Waals surface area contributed by atoms with E-state index in [0.717, 1.165) is 21.6 Å². The number of alkyl halides is 12. The molecule has 0 aliphatic carbocycles. The number of carbonyl (C=O) groups excluding carboxylic acids is 2. The van der Waals surface area contributed by atoms with E-state index in [1.54, 1.807) is 0 Å². The van der Waals surface area contributed by atoms with Crippen molar-refractivity contribution in [2.24, 2.45) is 0 Å². The highest BCUT2D eigenvalue weighted by Gasteiger charge is 2.48. The normalized spacial score (nSPS) is 12.8. The van der Waals surface area contributed by atoms with Crippen molar-refractivity contribution in [3.05, 3.63) is 34.4 Å². The van der Waals surface area contributed by atoms with Crippen LogP contribution in [0.15, 0.2) is 0 Å². The smallest absolute Gasteiger partial charge is 0.348 e. The second-order valence-corrected chi connectivity index (χ2v) is 9.51. The highest BCUT2D eigenvalue weighted by atomic mass is 33.1. The van der Waals surface area contributed by atoms with Crippen LogP contribution in [-0.4, -0.2) is 66.8 Å². The molecule has 0 fully saturated rings. The minimum atomic E-state index is -5.58. The maximum atomic E-state index is 12.9. The molecule has 0 bridgehead atoms. The molecule has 222 valence electrons. The van der Waals surface area contributed by atoms with Crippen molar-refractivity contribution in [3.63, 3.8) is 0 Å². The van der Waals surface area contributed by atoms with Crippen LogP contribution < -0.4 is 10.6 Å². The van der Waals surface area contributed by atoms with Gasteiger partial charge in [0.1, 0.15) is 0 Å². The molecule has 0 spiro atoms. The molecule has 0 atom stereocenters. The highest BCUT2D eigenvalue weighted by Crippen LogP contribution is 2.38. The number of halogens is 12. The van der Waals surface area contributed by atoms with E-state index < -0.39 is 70.9 Å². The van der Waals surface area contributed by atoms with E-state index in [-0.39, 0.29) is 24.6 Å². The summed E-state index contributed by atoms with van der Waals surface area (Å²) >= 11 is 0. The first-order valence-corrected chi connectivity index (χ1v) is 12.3. The molecule has 10 nitrogen and oxygen atoms in total. The Morgan fingerprint density at radius 3 is 1.10 bits per heavy atom. The average molecular weight is 638 g/mol. The van der Waals surface area contributed by atoms with Gasteiger partial charge in [-0.2, -0.15) is 52.7 Å². The van der Waals surface area contributed by atoms with Crippen LogP contribution in [0.4, 0.5) is 52.7 Å². The summed E-state index contributed by atoms with van der Waals surface area (Å²) in [5, 5.41) is 14.4. The molecule has 2 heterocycles. The fourth-order valence-corrected chi connectivity index (χ4v) is 4.12. The quantitative estimate of drug-likeness (QED) is 0.238. The molecule has 2 amide bonds. The van der Waals surface area contributed by atoms with Crippen molar-refractivity contribution >= 4 is 33.4 Å². The molecular weight excluding hydrogens is 628 g/mol. The van der Waals surface area contributed by atoms with Crippen LogP contribution in [0.1, 0.15) is 44.0 Å². The van der Waals surface area contributed by atoms with Gasteiger partial charge in [-0.25, -0.2) is 9.97 Å². The molecule has 0 aromatic carbocycles. The zero-order chi connectivity index (χ0) is 30.5. The second-order valence-electron chi connectivity index (χ2n) is 6.81. The minimum Gasteiger partial charge on any atom is -0.348 e. The van der Waals surface area contributed by atoms with Crippen molar-refractivity contribution in [2.45, 2.75) is 24.7 Å². The molecule has 0 aliphatic rings. The maximum absolute atomic E-state index is 12.9. The molecule has 2 rings (SSSR count). The summed E-state index contributed by atoms with van der Waals surface area (Å²) in [6.07, 6.45) is -22.2. The first kappa shape index (κ1) is 33.0. The molecule has 0 saturated carbocycles. The van der Waals surface area contributed by atoms with E-state index >= 15 is 0 Å². The Morgan fingerprint density at radius 2 is 0.825 bits per heavy atom. The Morgan fingerprint density at radius 1 is 0.525 bits per heavy atom. The minimum absolute atomic E-state index is 0.0609. The van der Waals surface area contributed by atoms with Crippen LogP contribution in [0.3, 0.4) is 0 Å². The van der Waals surface area contributed by atoms with Gasteiger partial charge in [-0.05, 0) is 0 Å². The molecule has 40 heavy (non-hydrogen) atoms. The number of rotatable bonds is 9. The number of hydrogen-bond donors (Lipinski definition) is 2. The summed E-state index contributed by atoms with van der Waals surface area (Å²) in [7, 11) is 2.02. The van der Waals surface area contributed by atoms with E-state index in [1.807, 2.05) is 10.6 Å². The number of hydrogen-bond acceptors (Lipinski definition) is 10. The lowest BCUT2D eigenvalue weighted by molar-refractivity contribution is -0.168. The lowest BCUT2D eigenvalue weighted by Crippen LogP contribution is -2.31. The maximum Gasteiger partial charge on any atom is 0.437 e. The van der Waals surface area contributed by atoms with E-state index in [0.29, 0.717) is 0 Å². The monoisotopic (exact) mass is 638 g/mol. The van der Waals surface area contributed by atoms with Crippen LogP contribution >= 0.6 is 21.6 Å². The number of aromatic nitrogens is 6. The number of amides is 2. The fraction of sp³-hybridized carbons (Fsp3) is 0.500. The summed E-state index contributed by atoms with van der Waals surface area (Å²) in [4.78, 5) is 28.9. The number of carbonyl (C=O) groups is 2. The van der Waals surface area contributed by atoms with Crippen molar-refractivity contribution < 1.29 is 62.3 Å². The highest BCUT2D eigenvalue weighted by molar-refractivity contribution is 8.76. The van der Waals surface area contributed by atoms with Gasteiger partial charge in [-0.1, -0.05) is 21.6 Å². The van der Waals surface area contributed by atoms with Gasteiger partial charge in [0, 0.05) is 24.6 Å². The van der Waals surface area contributed by atoms with Gasteiger partial charge in [-0.3, -0.25) is 9.59 Å². The number of nitrogens with zero attached hydrogens (tertiary/aromatic N) is 6. The van der Waals surface area contributed by atoms with Crippen LogP contribution in [0, 0.1) is 0 Å². The number of nitrogens with one attached hydrogen (secondary N) is 2. The van der Waals surface area contributed by atoms with Crippen LogP contribution in [0.25, 0.3) is 0 Å². The Hall–Kier alpha value is -3.18. The standard InChI is InChI=1S/C16H10F12N8O2S2/c17-13(18,19)5-7(15(23,24)25)33-35-9(31-5)11(37)29-1-3-39-40-4-2-30-12(38)10-32-6(14(20,21)22)8(34-36-10)16(26,27)28/h1-4H2,(H,29,37)(H,30,38). The van der Waals surface area contributed by atoms with Gasteiger partial charge in [0.05, 0.1) is 0 Å². The zero-order valence-corrected chi connectivity index (χ0v) is 20.3. The Balaban J connectivity index is 1.80. The zero-order valence-electron chi connectivity index (χ0n) is 18.7. The van der Waals surface area contributed by atoms with E-state index in [2.05, 4.69) is 30.4 Å². The fourth-order valence-electron chi connectivity index (χ4n) is 2.31. The van der Waals surface area contributed by atoms with E-state index in [4.69, 9.17) is 0 Å². The largest absolute Gasteiger partial charge is 0.437 e. The van der Waals surface area contributed by atoms with Gasteiger partial charge in [-0.15, -0.1) is 20.4 Å². The predicted octanol–water partition coefficient (Wildman–Crippen LogP) is 3.67. The third-order valence-electron chi connectivity index (χ3n) is 3.88. The van der Waals surface area contributed by atoms with Gasteiger partial charge < -0.3 is 10.6 Å². The SMILES string of the molecule is O=C(NCCSSCCNC(=O)c1nnc(C(F)(F)F)c(C(F)(F)F)n1)c1nnc(C(F)(F)F)c(C(F)(F)F)n1. The summed E-state index contributed by atoms with van der Waals surface area (Å²) in [6.45, 7) is -0.472. The lowest BCUT2D eigenvalue weighted by atomic mass is 10.3.